The van der Waals surface area contributed by atoms with Crippen molar-refractivity contribution in [3.63, 3.8) is 0 Å². The first kappa shape index (κ1) is 16.2. The molecule has 0 aromatic heterocycles. The van der Waals surface area contributed by atoms with Crippen molar-refractivity contribution in [2.45, 2.75) is 18.0 Å². The smallest absolute Gasteiger partial charge is 0.321 e. The Hall–Kier alpha value is -1.69. The molecule has 1 fully saturated rings. The third kappa shape index (κ3) is 3.99. The van der Waals surface area contributed by atoms with Crippen molar-refractivity contribution in [1.82, 2.24) is 5.32 Å². The summed E-state index contributed by atoms with van der Waals surface area (Å²) in [5, 5.41) is 12.8. The Kier molecular flexibility index (Phi) is 5.10. The minimum absolute atomic E-state index is 0.00807. The molecule has 1 aliphatic rings. The van der Waals surface area contributed by atoms with E-state index in [2.05, 4.69) is 5.32 Å². The van der Waals surface area contributed by atoms with Crippen LogP contribution in [0.4, 0.5) is 0 Å². The van der Waals surface area contributed by atoms with E-state index in [9.17, 15) is 4.79 Å². The molecule has 0 bridgehead atoms. The molecular weight excluding hydrogens is 334 g/mol. The third-order valence-corrected chi connectivity index (χ3v) is 5.25. The van der Waals surface area contributed by atoms with Crippen LogP contribution in [-0.2, 0) is 11.4 Å². The fraction of sp³-hybridized carbons (Fsp3) is 0.235. The second-order valence-electron chi connectivity index (χ2n) is 5.22. The number of ether oxygens (including phenoxy) is 1. The van der Waals surface area contributed by atoms with E-state index in [-0.39, 0.29) is 5.37 Å². The van der Waals surface area contributed by atoms with Crippen LogP contribution in [0, 0.1) is 0 Å². The molecule has 23 heavy (non-hydrogen) atoms. The topological polar surface area (TPSA) is 58.6 Å². The predicted molar refractivity (Wildman–Crippen MR) is 92.0 cm³/mol. The molecule has 0 radical (unpaired) electrons. The van der Waals surface area contributed by atoms with E-state index in [1.54, 1.807) is 11.8 Å². The van der Waals surface area contributed by atoms with Gasteiger partial charge in [0.15, 0.2) is 0 Å². The van der Waals surface area contributed by atoms with Crippen LogP contribution in [0.3, 0.4) is 0 Å². The lowest BCUT2D eigenvalue weighted by atomic mass is 10.2. The van der Waals surface area contributed by atoms with Crippen molar-refractivity contribution in [3.05, 3.63) is 64.7 Å². The lowest BCUT2D eigenvalue weighted by Crippen LogP contribution is -2.33. The zero-order chi connectivity index (χ0) is 16.2. The average molecular weight is 350 g/mol. The molecule has 0 aliphatic carbocycles. The van der Waals surface area contributed by atoms with E-state index >= 15 is 0 Å². The first-order valence-electron chi connectivity index (χ1n) is 7.20. The lowest BCUT2D eigenvalue weighted by Gasteiger charge is -2.13. The summed E-state index contributed by atoms with van der Waals surface area (Å²) in [5.74, 6) is 0.524. The van der Waals surface area contributed by atoms with E-state index < -0.39 is 12.0 Å². The summed E-state index contributed by atoms with van der Waals surface area (Å²) >= 11 is 7.70. The summed E-state index contributed by atoms with van der Waals surface area (Å²) in [6.07, 6.45) is 0. The van der Waals surface area contributed by atoms with Crippen LogP contribution in [0.25, 0.3) is 0 Å². The van der Waals surface area contributed by atoms with E-state index in [0.717, 1.165) is 16.9 Å². The molecule has 1 aliphatic heterocycles. The van der Waals surface area contributed by atoms with Gasteiger partial charge in [-0.25, -0.2) is 0 Å². The van der Waals surface area contributed by atoms with E-state index in [1.807, 2.05) is 48.5 Å². The highest BCUT2D eigenvalue weighted by Crippen LogP contribution is 2.33. The van der Waals surface area contributed by atoms with E-state index in [1.165, 1.54) is 0 Å². The van der Waals surface area contributed by atoms with Gasteiger partial charge in [0, 0.05) is 16.3 Å². The van der Waals surface area contributed by atoms with Crippen LogP contribution in [-0.4, -0.2) is 22.9 Å². The van der Waals surface area contributed by atoms with Gasteiger partial charge in [-0.15, -0.1) is 11.8 Å². The van der Waals surface area contributed by atoms with Gasteiger partial charge in [0.25, 0.3) is 0 Å². The number of benzene rings is 2. The predicted octanol–water partition coefficient (Wildman–Crippen LogP) is 3.71. The molecular formula is C17H16ClNO3S. The van der Waals surface area contributed by atoms with Gasteiger partial charge in [0.1, 0.15) is 18.4 Å². The quantitative estimate of drug-likeness (QED) is 0.861. The first-order valence-corrected chi connectivity index (χ1v) is 8.63. The fourth-order valence-corrected chi connectivity index (χ4v) is 3.75. The molecule has 1 heterocycles. The first-order chi connectivity index (χ1) is 11.1. The van der Waals surface area contributed by atoms with Crippen molar-refractivity contribution >= 4 is 29.3 Å². The molecule has 2 unspecified atom stereocenters. The Balaban J connectivity index is 1.59. The number of thioether (sulfide) groups is 1. The highest BCUT2D eigenvalue weighted by atomic mass is 35.5. The fourth-order valence-electron chi connectivity index (χ4n) is 2.32. The van der Waals surface area contributed by atoms with Gasteiger partial charge in [0.2, 0.25) is 0 Å². The van der Waals surface area contributed by atoms with Crippen LogP contribution in [0.15, 0.2) is 48.5 Å². The summed E-state index contributed by atoms with van der Waals surface area (Å²) in [6, 6.07) is 14.8. The average Bonchev–Trinajstić information content (AvgIpc) is 3.05. The molecule has 0 amide bonds. The molecule has 2 atom stereocenters. The van der Waals surface area contributed by atoms with Crippen molar-refractivity contribution in [2.24, 2.45) is 0 Å². The molecule has 2 N–H and O–H groups in total. The summed E-state index contributed by atoms with van der Waals surface area (Å²) in [4.78, 5) is 11.0. The molecule has 0 spiro atoms. The molecule has 0 saturated carbocycles. The Labute approximate surface area is 143 Å². The molecule has 2 aromatic carbocycles. The normalized spacial score (nSPS) is 20.4. The standard InChI is InChI=1S/C17H16ClNO3S/c18-14-4-2-1-3-12(14)9-22-13-7-5-11(6-8-13)16-19-15(10-23-16)17(20)21/h1-8,15-16,19H,9-10H2,(H,20,21). The second kappa shape index (κ2) is 7.25. The Bertz CT molecular complexity index is 692. The maximum absolute atomic E-state index is 11.0. The zero-order valence-electron chi connectivity index (χ0n) is 12.2. The van der Waals surface area contributed by atoms with Crippen molar-refractivity contribution in [3.8, 4) is 5.75 Å². The molecule has 6 heteroatoms. The van der Waals surface area contributed by atoms with Gasteiger partial charge in [-0.2, -0.15) is 0 Å². The minimum atomic E-state index is -0.806. The second-order valence-corrected chi connectivity index (χ2v) is 6.77. The van der Waals surface area contributed by atoms with Crippen LogP contribution in [0.5, 0.6) is 5.75 Å². The highest BCUT2D eigenvalue weighted by molar-refractivity contribution is 7.99. The zero-order valence-corrected chi connectivity index (χ0v) is 13.8. The molecule has 120 valence electrons. The summed E-state index contributed by atoms with van der Waals surface area (Å²) in [6.45, 7) is 0.413. The maximum atomic E-state index is 11.0. The lowest BCUT2D eigenvalue weighted by molar-refractivity contribution is -0.138. The Morgan fingerprint density at radius 2 is 2.00 bits per heavy atom. The van der Waals surface area contributed by atoms with Gasteiger partial charge in [-0.3, -0.25) is 10.1 Å². The monoisotopic (exact) mass is 349 g/mol. The number of hydrogen-bond donors (Lipinski definition) is 2. The Morgan fingerprint density at radius 1 is 1.26 bits per heavy atom. The number of rotatable bonds is 5. The number of carboxylic acids is 1. The van der Waals surface area contributed by atoms with E-state index in [0.29, 0.717) is 17.4 Å². The van der Waals surface area contributed by atoms with Gasteiger partial charge in [-0.1, -0.05) is 41.9 Å². The number of aliphatic carboxylic acids is 1. The summed E-state index contributed by atoms with van der Waals surface area (Å²) in [5.41, 5.74) is 1.99. The maximum Gasteiger partial charge on any atom is 0.321 e. The van der Waals surface area contributed by atoms with Gasteiger partial charge >= 0.3 is 5.97 Å². The SMILES string of the molecule is O=C(O)C1CSC(c2ccc(OCc3ccccc3Cl)cc2)N1. The van der Waals surface area contributed by atoms with E-state index in [4.69, 9.17) is 21.4 Å². The number of carbonyl (C=O) groups is 1. The highest BCUT2D eigenvalue weighted by Gasteiger charge is 2.30. The summed E-state index contributed by atoms with van der Waals surface area (Å²) in [7, 11) is 0. The third-order valence-electron chi connectivity index (χ3n) is 3.62. The largest absolute Gasteiger partial charge is 0.489 e. The number of carboxylic acid groups (broad SMARTS) is 1. The summed E-state index contributed by atoms with van der Waals surface area (Å²) < 4.78 is 5.74. The number of hydrogen-bond acceptors (Lipinski definition) is 4. The minimum Gasteiger partial charge on any atom is -0.489 e. The van der Waals surface area contributed by atoms with Crippen molar-refractivity contribution < 1.29 is 14.6 Å². The van der Waals surface area contributed by atoms with Gasteiger partial charge in [0.05, 0.1) is 5.37 Å². The van der Waals surface area contributed by atoms with Crippen LogP contribution in [0.2, 0.25) is 5.02 Å². The van der Waals surface area contributed by atoms with Gasteiger partial charge in [-0.05, 0) is 23.8 Å². The number of nitrogens with one attached hydrogen (secondary N) is 1. The Morgan fingerprint density at radius 3 is 2.65 bits per heavy atom. The van der Waals surface area contributed by atoms with Crippen LogP contribution >= 0.6 is 23.4 Å². The van der Waals surface area contributed by atoms with Crippen molar-refractivity contribution in [1.29, 1.82) is 0 Å². The van der Waals surface area contributed by atoms with Gasteiger partial charge < -0.3 is 9.84 Å². The van der Waals surface area contributed by atoms with Crippen LogP contribution in [0.1, 0.15) is 16.5 Å². The van der Waals surface area contributed by atoms with Crippen LogP contribution < -0.4 is 10.1 Å². The molecule has 1 saturated heterocycles. The molecule has 3 rings (SSSR count). The molecule has 2 aromatic rings. The van der Waals surface area contributed by atoms with Crippen molar-refractivity contribution in [2.75, 3.05) is 5.75 Å². The number of halogens is 1. The molecule has 4 nitrogen and oxygen atoms in total.